The number of alkyl halides is 3. The molecule has 0 aliphatic carbocycles. The van der Waals surface area contributed by atoms with Gasteiger partial charge in [-0.3, -0.25) is 19.5 Å². The van der Waals surface area contributed by atoms with Gasteiger partial charge in [-0.1, -0.05) is 112 Å². The number of amides is 2. The van der Waals surface area contributed by atoms with E-state index in [1.165, 1.54) is 12.1 Å². The van der Waals surface area contributed by atoms with E-state index >= 15 is 13.2 Å². The van der Waals surface area contributed by atoms with Gasteiger partial charge >= 0.3 is 12.3 Å². The second-order valence-electron chi connectivity index (χ2n) is 13.2. The van der Waals surface area contributed by atoms with Gasteiger partial charge in [-0.15, -0.1) is 0 Å². The van der Waals surface area contributed by atoms with Crippen LogP contribution in [0, 0.1) is 0 Å². The minimum atomic E-state index is -5.33. The first-order valence-corrected chi connectivity index (χ1v) is 18.6. The van der Waals surface area contributed by atoms with Crippen LogP contribution in [-0.4, -0.2) is 42.1 Å². The molecule has 0 saturated carbocycles. The maximum absolute atomic E-state index is 16.4. The Morgan fingerprint density at radius 3 is 1.92 bits per heavy atom. The maximum atomic E-state index is 16.4. The number of carbonyl (C=O) groups excluding carboxylic acids is 2. The topological polar surface area (TPSA) is 112 Å². The first kappa shape index (κ1) is 37.1. The van der Waals surface area contributed by atoms with E-state index < -0.39 is 54.5 Å². The highest BCUT2D eigenvalue weighted by molar-refractivity contribution is 6.74. The molecule has 9 nitrogen and oxygen atoms in total. The van der Waals surface area contributed by atoms with Gasteiger partial charge in [0.15, 0.2) is 8.32 Å². The second-order valence-corrected chi connectivity index (χ2v) is 17.9. The Hall–Kier alpha value is -4.75. The number of carbonyl (C=O) groups is 2. The minimum absolute atomic E-state index is 0.154. The Kier molecular flexibility index (Phi) is 11.2. The summed E-state index contributed by atoms with van der Waals surface area (Å²) in [6.45, 7) is 9.51. The number of hydrogen-bond acceptors (Lipinski definition) is 6. The molecule has 2 N–H and O–H groups in total. The summed E-state index contributed by atoms with van der Waals surface area (Å²) in [5.74, 6) is -1.15. The maximum Gasteiger partial charge on any atom is 0.438 e. The van der Waals surface area contributed by atoms with Crippen LogP contribution >= 0.6 is 0 Å². The lowest BCUT2D eigenvalue weighted by molar-refractivity contribution is -0.302. The van der Waals surface area contributed by atoms with Gasteiger partial charge in [0.25, 0.3) is 11.3 Å². The van der Waals surface area contributed by atoms with Crippen LogP contribution in [0.15, 0.2) is 102 Å². The van der Waals surface area contributed by atoms with Crippen LogP contribution in [0.4, 0.5) is 23.7 Å². The minimum Gasteiger partial charge on any atom is -0.444 e. The first-order chi connectivity index (χ1) is 23.0. The lowest BCUT2D eigenvalue weighted by Gasteiger charge is -2.50. The monoisotopic (exact) mass is 694 g/mol. The van der Waals surface area contributed by atoms with Crippen molar-refractivity contribution in [2.45, 2.75) is 76.8 Å². The molecular formula is C36H41F3N4O5Si. The molecule has 4 rings (SSSR count). The molecule has 13 heteroatoms. The zero-order valence-corrected chi connectivity index (χ0v) is 29.3. The van der Waals surface area contributed by atoms with E-state index in [1.807, 2.05) is 0 Å². The molecule has 260 valence electrons. The molecular weight excluding hydrogens is 653 g/mol. The molecule has 4 aromatic rings. The summed E-state index contributed by atoms with van der Waals surface area (Å²) in [7, 11) is -3.48. The van der Waals surface area contributed by atoms with Crippen molar-refractivity contribution in [3.63, 3.8) is 0 Å². The fourth-order valence-electron chi connectivity index (χ4n) is 5.09. The largest absolute Gasteiger partial charge is 0.444 e. The average Bonchev–Trinajstić information content (AvgIpc) is 3.03. The molecule has 0 spiro atoms. The van der Waals surface area contributed by atoms with Gasteiger partial charge < -0.3 is 14.5 Å². The summed E-state index contributed by atoms with van der Waals surface area (Å²) in [4.78, 5) is 44.6. The van der Waals surface area contributed by atoms with Crippen molar-refractivity contribution in [1.29, 1.82) is 0 Å². The van der Waals surface area contributed by atoms with Gasteiger partial charge in [0.2, 0.25) is 5.91 Å². The Morgan fingerprint density at radius 1 is 0.878 bits per heavy atom. The van der Waals surface area contributed by atoms with Crippen molar-refractivity contribution in [2.75, 3.05) is 5.32 Å². The molecule has 2 atom stereocenters. The van der Waals surface area contributed by atoms with E-state index in [0.717, 1.165) is 13.1 Å². The van der Waals surface area contributed by atoms with E-state index in [2.05, 4.69) is 15.6 Å². The van der Waals surface area contributed by atoms with E-state index in [-0.39, 0.29) is 24.4 Å². The number of halogens is 3. The third kappa shape index (κ3) is 8.46. The molecule has 0 aliphatic heterocycles. The number of rotatable bonds is 11. The van der Waals surface area contributed by atoms with Crippen molar-refractivity contribution in [1.82, 2.24) is 14.9 Å². The SMILES string of the molecule is CC(=O)NC(Cc1ccccc1)C(O[Si](C)(C)C(C)(C)C)(n1c(-c2ccccc2)ncc(NC(=O)OCc2ccccc2)c1=O)C(F)(F)F. The third-order valence-corrected chi connectivity index (χ3v) is 13.0. The molecule has 0 aliphatic rings. The van der Waals surface area contributed by atoms with Crippen LogP contribution < -0.4 is 16.2 Å². The highest BCUT2D eigenvalue weighted by atomic mass is 28.4. The number of ether oxygens (including phenoxy) is 1. The van der Waals surface area contributed by atoms with Crippen LogP contribution in [0.5, 0.6) is 0 Å². The lowest BCUT2D eigenvalue weighted by atomic mass is 9.94. The van der Waals surface area contributed by atoms with Gasteiger partial charge in [0, 0.05) is 12.5 Å². The normalized spacial score (nSPS) is 14.0. The molecule has 49 heavy (non-hydrogen) atoms. The van der Waals surface area contributed by atoms with E-state index in [0.29, 0.717) is 15.7 Å². The van der Waals surface area contributed by atoms with Gasteiger partial charge in [-0.05, 0) is 35.7 Å². The lowest BCUT2D eigenvalue weighted by Crippen LogP contribution is -2.70. The van der Waals surface area contributed by atoms with Crippen molar-refractivity contribution in [3.05, 3.63) is 119 Å². The summed E-state index contributed by atoms with van der Waals surface area (Å²) in [5, 5.41) is 4.00. The molecule has 1 aromatic heterocycles. The summed E-state index contributed by atoms with van der Waals surface area (Å²) in [6, 6.07) is 23.1. The van der Waals surface area contributed by atoms with E-state index in [4.69, 9.17) is 9.16 Å². The van der Waals surface area contributed by atoms with Crippen LogP contribution in [0.2, 0.25) is 18.1 Å². The summed E-state index contributed by atoms with van der Waals surface area (Å²) >= 11 is 0. The van der Waals surface area contributed by atoms with E-state index in [9.17, 15) is 14.4 Å². The van der Waals surface area contributed by atoms with Crippen LogP contribution in [0.1, 0.15) is 38.8 Å². The number of aromatic nitrogens is 2. The fraction of sp³-hybridized carbons (Fsp3) is 0.333. The molecule has 0 bridgehead atoms. The summed E-state index contributed by atoms with van der Waals surface area (Å²) < 4.78 is 61.4. The molecule has 3 aromatic carbocycles. The zero-order valence-electron chi connectivity index (χ0n) is 28.3. The highest BCUT2D eigenvalue weighted by Crippen LogP contribution is 2.49. The second kappa shape index (κ2) is 14.8. The molecule has 0 saturated heterocycles. The molecule has 2 amide bonds. The van der Waals surface area contributed by atoms with Gasteiger partial charge in [-0.25, -0.2) is 9.78 Å². The Labute approximate surface area is 284 Å². The quantitative estimate of drug-likeness (QED) is 0.156. The zero-order chi connectivity index (χ0) is 36.0. The summed E-state index contributed by atoms with van der Waals surface area (Å²) in [5.41, 5.74) is -4.07. The average molecular weight is 695 g/mol. The van der Waals surface area contributed by atoms with Gasteiger partial charge in [0.05, 0.1) is 12.2 Å². The van der Waals surface area contributed by atoms with Gasteiger partial charge in [0.1, 0.15) is 18.1 Å². The Morgan fingerprint density at radius 2 is 1.41 bits per heavy atom. The van der Waals surface area contributed by atoms with Crippen molar-refractivity contribution >= 4 is 26.0 Å². The van der Waals surface area contributed by atoms with Crippen LogP contribution in [0.3, 0.4) is 0 Å². The first-order valence-electron chi connectivity index (χ1n) is 15.7. The van der Waals surface area contributed by atoms with Gasteiger partial charge in [-0.2, -0.15) is 13.2 Å². The van der Waals surface area contributed by atoms with Crippen molar-refractivity contribution < 1.29 is 31.9 Å². The predicted molar refractivity (Wildman–Crippen MR) is 184 cm³/mol. The Bertz CT molecular complexity index is 1800. The smallest absolute Gasteiger partial charge is 0.438 e. The Balaban J connectivity index is 2.04. The molecule has 0 fully saturated rings. The summed E-state index contributed by atoms with van der Waals surface area (Å²) in [6.07, 6.45) is -5.78. The third-order valence-electron chi connectivity index (χ3n) is 8.53. The van der Waals surface area contributed by atoms with Crippen molar-refractivity contribution in [2.24, 2.45) is 0 Å². The number of hydrogen-bond donors (Lipinski definition) is 2. The number of nitrogens with zero attached hydrogens (tertiary/aromatic N) is 2. The number of anilines is 1. The molecule has 2 unspecified atom stereocenters. The molecule has 0 radical (unpaired) electrons. The number of benzene rings is 3. The standard InChI is InChI=1S/C36H41F3N4O5Si/c1-25(44)41-30(22-26-16-10-7-11-17-26)35(36(37,38)39,48-49(5,6)34(2,3)4)43-31(28-20-14-9-15-21-28)40-23-29(32(43)45)42-33(46)47-24-27-18-12-8-13-19-27/h7-21,23,30H,22,24H2,1-6H3,(H,41,44)(H,42,46). The van der Waals surface area contributed by atoms with Crippen molar-refractivity contribution in [3.8, 4) is 11.4 Å². The molecule has 1 heterocycles. The van der Waals surface area contributed by atoms with Crippen LogP contribution in [0.25, 0.3) is 11.4 Å². The van der Waals surface area contributed by atoms with Crippen LogP contribution in [-0.2, 0) is 32.7 Å². The predicted octanol–water partition coefficient (Wildman–Crippen LogP) is 7.64. The fourth-order valence-corrected chi connectivity index (χ4v) is 6.52. The van der Waals surface area contributed by atoms with E-state index in [1.54, 1.807) is 113 Å². The highest BCUT2D eigenvalue weighted by Gasteiger charge is 2.67. The number of nitrogens with one attached hydrogen (secondary N) is 2.